The van der Waals surface area contributed by atoms with E-state index >= 15 is 0 Å². The predicted molar refractivity (Wildman–Crippen MR) is 94.9 cm³/mol. The van der Waals surface area contributed by atoms with Gasteiger partial charge in [0, 0.05) is 24.2 Å². The molecular formula is C18H16F3N3O4. The predicted octanol–water partition coefficient (Wildman–Crippen LogP) is 3.63. The van der Waals surface area contributed by atoms with Crippen molar-refractivity contribution in [2.24, 2.45) is 0 Å². The largest absolute Gasteiger partial charge is 0.418 e. The van der Waals surface area contributed by atoms with Crippen molar-refractivity contribution in [3.05, 3.63) is 69.3 Å². The first-order valence-electron chi connectivity index (χ1n) is 7.97. The topological polar surface area (TPSA) is 92.6 Å². The lowest BCUT2D eigenvalue weighted by Gasteiger charge is -2.18. The molecule has 28 heavy (non-hydrogen) atoms. The molecule has 2 rings (SSSR count). The minimum Gasteiger partial charge on any atom is -0.332 e. The molecule has 2 aromatic rings. The fourth-order valence-corrected chi connectivity index (χ4v) is 2.53. The van der Waals surface area contributed by atoms with E-state index in [4.69, 9.17) is 0 Å². The number of nitrogens with one attached hydrogen (secondary N) is 1. The van der Waals surface area contributed by atoms with E-state index in [1.807, 2.05) is 0 Å². The first kappa shape index (κ1) is 20.9. The van der Waals surface area contributed by atoms with Crippen molar-refractivity contribution in [1.29, 1.82) is 0 Å². The van der Waals surface area contributed by atoms with Crippen molar-refractivity contribution in [2.75, 3.05) is 18.9 Å². The smallest absolute Gasteiger partial charge is 0.332 e. The second-order valence-electron chi connectivity index (χ2n) is 6.01. The molecule has 0 radical (unpaired) electrons. The number of hydrogen-bond donors (Lipinski definition) is 1. The summed E-state index contributed by atoms with van der Waals surface area (Å²) in [5, 5.41) is 13.0. The van der Waals surface area contributed by atoms with Crippen LogP contribution in [0.2, 0.25) is 0 Å². The van der Waals surface area contributed by atoms with Gasteiger partial charge < -0.3 is 10.2 Å². The van der Waals surface area contributed by atoms with Crippen LogP contribution in [0, 0.1) is 17.0 Å². The lowest BCUT2D eigenvalue weighted by Crippen LogP contribution is -2.35. The van der Waals surface area contributed by atoms with Gasteiger partial charge in [-0.25, -0.2) is 0 Å². The third-order valence-corrected chi connectivity index (χ3v) is 3.87. The molecule has 0 saturated heterocycles. The molecule has 148 valence electrons. The Balaban J connectivity index is 2.10. The van der Waals surface area contributed by atoms with E-state index < -0.39 is 40.7 Å². The average Bonchev–Trinajstić information content (AvgIpc) is 2.60. The molecular weight excluding hydrogens is 379 g/mol. The highest BCUT2D eigenvalue weighted by Gasteiger charge is 2.33. The number of nitrogens with zero attached hydrogens (tertiary/aromatic N) is 2. The van der Waals surface area contributed by atoms with Gasteiger partial charge in [-0.2, -0.15) is 13.2 Å². The van der Waals surface area contributed by atoms with Crippen LogP contribution < -0.4 is 5.32 Å². The maximum absolute atomic E-state index is 13.0. The maximum atomic E-state index is 13.0. The summed E-state index contributed by atoms with van der Waals surface area (Å²) in [7, 11) is 1.30. The number of likely N-dealkylation sites (N-methyl/N-ethyl adjacent to an activating group) is 1. The first-order chi connectivity index (χ1) is 13.0. The number of benzene rings is 2. The Bertz CT molecular complexity index is 929. The van der Waals surface area contributed by atoms with E-state index in [0.29, 0.717) is 0 Å². The van der Waals surface area contributed by atoms with Gasteiger partial charge in [-0.05, 0) is 31.2 Å². The Morgan fingerprint density at radius 2 is 1.82 bits per heavy atom. The summed E-state index contributed by atoms with van der Waals surface area (Å²) in [4.78, 5) is 35.7. The molecule has 0 heterocycles. The summed E-state index contributed by atoms with van der Waals surface area (Å²) < 4.78 is 38.9. The molecule has 0 aromatic heterocycles. The van der Waals surface area contributed by atoms with Crippen LogP contribution in [-0.2, 0) is 11.0 Å². The van der Waals surface area contributed by atoms with Gasteiger partial charge in [-0.15, -0.1) is 0 Å². The van der Waals surface area contributed by atoms with Gasteiger partial charge in [-0.1, -0.05) is 12.1 Å². The highest BCUT2D eigenvalue weighted by Crippen LogP contribution is 2.34. The normalized spacial score (nSPS) is 11.0. The van der Waals surface area contributed by atoms with Crippen molar-refractivity contribution in [3.8, 4) is 0 Å². The van der Waals surface area contributed by atoms with E-state index in [9.17, 15) is 32.9 Å². The SMILES string of the molecule is Cc1cc(C(=O)N(C)CC(=O)Nc2ccccc2C(F)(F)F)ccc1[N+](=O)[O-]. The number of nitro benzene ring substituents is 1. The number of aryl methyl sites for hydroxylation is 1. The summed E-state index contributed by atoms with van der Waals surface area (Å²) in [5.41, 5.74) is -1.17. The number of alkyl halides is 3. The number of carbonyl (C=O) groups is 2. The van der Waals surface area contributed by atoms with Crippen molar-refractivity contribution in [2.45, 2.75) is 13.1 Å². The van der Waals surface area contributed by atoms with Gasteiger partial charge in [0.1, 0.15) is 0 Å². The fourth-order valence-electron chi connectivity index (χ4n) is 2.53. The molecule has 0 aliphatic carbocycles. The Labute approximate surface area is 157 Å². The number of amides is 2. The van der Waals surface area contributed by atoms with Crippen LogP contribution in [0.1, 0.15) is 21.5 Å². The maximum Gasteiger partial charge on any atom is 0.418 e. The molecule has 0 atom stereocenters. The van der Waals surface area contributed by atoms with E-state index in [1.54, 1.807) is 0 Å². The summed E-state index contributed by atoms with van der Waals surface area (Å²) in [6, 6.07) is 8.24. The minimum absolute atomic E-state index is 0.120. The van der Waals surface area contributed by atoms with E-state index in [-0.39, 0.29) is 16.8 Å². The highest BCUT2D eigenvalue weighted by atomic mass is 19.4. The quantitative estimate of drug-likeness (QED) is 0.618. The van der Waals surface area contributed by atoms with Gasteiger partial charge >= 0.3 is 6.18 Å². The van der Waals surface area contributed by atoms with E-state index in [2.05, 4.69) is 5.32 Å². The van der Waals surface area contributed by atoms with Crippen LogP contribution in [0.5, 0.6) is 0 Å². The average molecular weight is 395 g/mol. The van der Waals surface area contributed by atoms with Crippen molar-refractivity contribution in [1.82, 2.24) is 4.90 Å². The standard InChI is InChI=1S/C18H16F3N3O4/c1-11-9-12(7-8-15(11)24(27)28)17(26)23(2)10-16(25)22-14-6-4-3-5-13(14)18(19,20)21/h3-9H,10H2,1-2H3,(H,22,25). The molecule has 10 heteroatoms. The Morgan fingerprint density at radius 1 is 1.18 bits per heavy atom. The van der Waals surface area contributed by atoms with Crippen LogP contribution in [0.15, 0.2) is 42.5 Å². The van der Waals surface area contributed by atoms with Gasteiger partial charge in [0.2, 0.25) is 5.91 Å². The molecule has 2 amide bonds. The van der Waals surface area contributed by atoms with Crippen molar-refractivity contribution < 1.29 is 27.7 Å². The molecule has 7 nitrogen and oxygen atoms in total. The Morgan fingerprint density at radius 3 is 2.39 bits per heavy atom. The van der Waals surface area contributed by atoms with Gasteiger partial charge in [-0.3, -0.25) is 19.7 Å². The highest BCUT2D eigenvalue weighted by molar-refractivity contribution is 5.99. The third-order valence-electron chi connectivity index (χ3n) is 3.87. The Hall–Kier alpha value is -3.43. The number of nitro groups is 1. The van der Waals surface area contributed by atoms with Crippen molar-refractivity contribution in [3.63, 3.8) is 0 Å². The van der Waals surface area contributed by atoms with Gasteiger partial charge in [0.25, 0.3) is 11.6 Å². The fraction of sp³-hybridized carbons (Fsp3) is 0.222. The summed E-state index contributed by atoms with van der Waals surface area (Å²) >= 11 is 0. The molecule has 0 saturated carbocycles. The zero-order chi connectivity index (χ0) is 21.1. The summed E-state index contributed by atoms with van der Waals surface area (Å²) in [5.74, 6) is -1.41. The molecule has 0 bridgehead atoms. The molecule has 0 fully saturated rings. The number of rotatable bonds is 5. The van der Waals surface area contributed by atoms with Crippen LogP contribution in [0.25, 0.3) is 0 Å². The lowest BCUT2D eigenvalue weighted by molar-refractivity contribution is -0.385. The molecule has 2 aromatic carbocycles. The van der Waals surface area contributed by atoms with Gasteiger partial charge in [0.15, 0.2) is 0 Å². The Kier molecular flexibility index (Phi) is 6.02. The van der Waals surface area contributed by atoms with E-state index in [1.165, 1.54) is 44.3 Å². The number of para-hydroxylation sites is 1. The van der Waals surface area contributed by atoms with Crippen LogP contribution >= 0.6 is 0 Å². The second kappa shape index (κ2) is 8.07. The zero-order valence-corrected chi connectivity index (χ0v) is 14.9. The van der Waals surface area contributed by atoms with Crippen LogP contribution in [0.4, 0.5) is 24.5 Å². The summed E-state index contributed by atoms with van der Waals surface area (Å²) in [6.45, 7) is 0.969. The molecule has 0 unspecified atom stereocenters. The number of halogens is 3. The lowest BCUT2D eigenvalue weighted by atomic mass is 10.1. The molecule has 1 N–H and O–H groups in total. The third kappa shape index (κ3) is 4.84. The first-order valence-corrected chi connectivity index (χ1v) is 7.97. The van der Waals surface area contributed by atoms with Crippen LogP contribution in [0.3, 0.4) is 0 Å². The van der Waals surface area contributed by atoms with E-state index in [0.717, 1.165) is 17.0 Å². The minimum atomic E-state index is -4.64. The van der Waals surface area contributed by atoms with Gasteiger partial charge in [0.05, 0.1) is 22.7 Å². The second-order valence-corrected chi connectivity index (χ2v) is 6.01. The number of hydrogen-bond acceptors (Lipinski definition) is 4. The molecule has 0 aliphatic heterocycles. The zero-order valence-electron chi connectivity index (χ0n) is 14.9. The van der Waals surface area contributed by atoms with Crippen molar-refractivity contribution >= 4 is 23.2 Å². The molecule has 0 spiro atoms. The molecule has 0 aliphatic rings. The number of anilines is 1. The summed E-state index contributed by atoms with van der Waals surface area (Å²) in [6.07, 6.45) is -4.64. The monoisotopic (exact) mass is 395 g/mol. The van der Waals surface area contributed by atoms with Crippen LogP contribution in [-0.4, -0.2) is 35.2 Å². The number of carbonyl (C=O) groups excluding carboxylic acids is 2.